The molecule has 0 radical (unpaired) electrons. The van der Waals surface area contributed by atoms with Crippen molar-refractivity contribution in [1.82, 2.24) is 0 Å². The van der Waals surface area contributed by atoms with Crippen molar-refractivity contribution in [3.63, 3.8) is 0 Å². The van der Waals surface area contributed by atoms with Crippen LogP contribution in [-0.2, 0) is 27.7 Å². The predicted octanol–water partition coefficient (Wildman–Crippen LogP) is 5.67. The molecule has 1 fully saturated rings. The summed E-state index contributed by atoms with van der Waals surface area (Å²) < 4.78 is 60.0. The van der Waals surface area contributed by atoms with Crippen molar-refractivity contribution in [2.45, 2.75) is 50.0 Å². The van der Waals surface area contributed by atoms with Crippen molar-refractivity contribution < 1.29 is 37.0 Å². The van der Waals surface area contributed by atoms with Gasteiger partial charge in [-0.05, 0) is 73.9 Å². The van der Waals surface area contributed by atoms with Gasteiger partial charge in [0.25, 0.3) is 5.91 Å². The largest absolute Gasteiger partial charge is 0.457 e. The predicted molar refractivity (Wildman–Crippen MR) is 134 cm³/mol. The summed E-state index contributed by atoms with van der Waals surface area (Å²) >= 11 is 0. The summed E-state index contributed by atoms with van der Waals surface area (Å²) in [5.41, 5.74) is -2.16. The van der Waals surface area contributed by atoms with Gasteiger partial charge in [-0.1, -0.05) is 29.5 Å². The Kier molecular flexibility index (Phi) is 6.47. The Morgan fingerprint density at radius 3 is 2.46 bits per heavy atom. The molecule has 1 amide bonds. The summed E-state index contributed by atoms with van der Waals surface area (Å²) in [6.45, 7) is 1.92. The highest BCUT2D eigenvalue weighted by molar-refractivity contribution is 6.01. The molecule has 0 spiro atoms. The molecule has 0 bridgehead atoms. The fraction of sp³-hybridized carbons (Fsp3) is 0.267. The summed E-state index contributed by atoms with van der Waals surface area (Å²) in [7, 11) is 0. The maximum absolute atomic E-state index is 14.8. The number of nitrogens with one attached hydrogen (secondary N) is 1. The van der Waals surface area contributed by atoms with E-state index in [1.54, 1.807) is 24.3 Å². The molecule has 2 aliphatic rings. The van der Waals surface area contributed by atoms with Crippen molar-refractivity contribution >= 4 is 17.6 Å². The van der Waals surface area contributed by atoms with Gasteiger partial charge in [0.05, 0.1) is 11.1 Å². The van der Waals surface area contributed by atoms with Gasteiger partial charge >= 0.3 is 12.1 Å². The molecule has 0 saturated heterocycles. The zero-order chi connectivity index (χ0) is 28.0. The molecule has 2 N–H and O–H groups in total. The number of cyclic esters (lactones) is 1. The lowest BCUT2D eigenvalue weighted by atomic mass is 9.81. The van der Waals surface area contributed by atoms with E-state index in [9.17, 15) is 32.3 Å². The van der Waals surface area contributed by atoms with Crippen LogP contribution >= 0.6 is 0 Å². The Morgan fingerprint density at radius 1 is 1.08 bits per heavy atom. The lowest BCUT2D eigenvalue weighted by molar-refractivity contribution is -0.137. The summed E-state index contributed by atoms with van der Waals surface area (Å²) in [5, 5.41) is 14.2. The first-order chi connectivity index (χ1) is 18.4. The van der Waals surface area contributed by atoms with Gasteiger partial charge in [0.15, 0.2) is 0 Å². The number of ether oxygens (including phenoxy) is 1. The molecule has 9 heteroatoms. The normalized spacial score (nSPS) is 16.8. The third-order valence-electron chi connectivity index (χ3n) is 7.10. The molecule has 1 saturated carbocycles. The minimum absolute atomic E-state index is 0.0350. The van der Waals surface area contributed by atoms with Crippen molar-refractivity contribution in [2.24, 2.45) is 0 Å². The van der Waals surface area contributed by atoms with Gasteiger partial charge in [0, 0.05) is 28.7 Å². The fourth-order valence-electron chi connectivity index (χ4n) is 4.73. The van der Waals surface area contributed by atoms with E-state index in [1.165, 1.54) is 18.2 Å². The lowest BCUT2D eigenvalue weighted by Crippen LogP contribution is -2.44. The van der Waals surface area contributed by atoms with E-state index in [4.69, 9.17) is 4.74 Å². The summed E-state index contributed by atoms with van der Waals surface area (Å²) in [4.78, 5) is 25.2. The first-order valence-electron chi connectivity index (χ1n) is 12.2. The zero-order valence-corrected chi connectivity index (χ0v) is 20.8. The fourth-order valence-corrected chi connectivity index (χ4v) is 4.73. The number of hydrogen-bond acceptors (Lipinski definition) is 4. The number of amides is 1. The van der Waals surface area contributed by atoms with Crippen LogP contribution in [0.3, 0.4) is 0 Å². The standard InChI is InChI=1S/C30H23F4NO4/c1-18-2-4-19(5-3-18)10-11-29(38,27(37)35-22-7-8-23-20(14-22)16-39-26(23)36)17-28(12-13-28)24-15-21(30(32,33)34)6-9-25(24)31/h2-9,14-15,38H,12-13,16-17H2,1H3,(H,35,37). The molecule has 1 unspecified atom stereocenters. The van der Waals surface area contributed by atoms with Crippen LogP contribution in [0.4, 0.5) is 23.2 Å². The smallest absolute Gasteiger partial charge is 0.416 e. The highest BCUT2D eigenvalue weighted by atomic mass is 19.4. The molecule has 5 rings (SSSR count). The second kappa shape index (κ2) is 9.54. The van der Waals surface area contributed by atoms with Crippen LogP contribution in [0.1, 0.15) is 57.4 Å². The average Bonchev–Trinajstić information content (AvgIpc) is 3.57. The molecule has 1 heterocycles. The average molecular weight is 538 g/mol. The van der Waals surface area contributed by atoms with E-state index >= 15 is 0 Å². The first-order valence-corrected chi connectivity index (χ1v) is 12.2. The number of alkyl halides is 3. The number of aryl methyl sites for hydroxylation is 1. The zero-order valence-electron chi connectivity index (χ0n) is 20.8. The number of carbonyl (C=O) groups is 2. The van der Waals surface area contributed by atoms with Gasteiger partial charge in [-0.25, -0.2) is 9.18 Å². The lowest BCUT2D eigenvalue weighted by Gasteiger charge is -2.28. The first kappa shape index (κ1) is 26.4. The molecular formula is C30H23F4NO4. The number of halogens is 4. The molecule has 3 aromatic carbocycles. The van der Waals surface area contributed by atoms with Crippen LogP contribution in [0, 0.1) is 24.6 Å². The Hall–Kier alpha value is -4.16. The van der Waals surface area contributed by atoms with Gasteiger partial charge in [0.2, 0.25) is 5.60 Å². The van der Waals surface area contributed by atoms with E-state index in [1.807, 2.05) is 6.92 Å². The van der Waals surface area contributed by atoms with E-state index in [2.05, 4.69) is 17.2 Å². The number of aliphatic hydroxyl groups is 1. The van der Waals surface area contributed by atoms with E-state index in [-0.39, 0.29) is 30.7 Å². The number of carbonyl (C=O) groups excluding carboxylic acids is 2. The number of fused-ring (bicyclic) bond motifs is 1. The van der Waals surface area contributed by atoms with Crippen molar-refractivity contribution in [1.29, 1.82) is 0 Å². The molecule has 0 aromatic heterocycles. The molecule has 5 nitrogen and oxygen atoms in total. The quantitative estimate of drug-likeness (QED) is 0.250. The van der Waals surface area contributed by atoms with Crippen LogP contribution in [0.2, 0.25) is 0 Å². The van der Waals surface area contributed by atoms with Crippen LogP contribution in [-0.4, -0.2) is 22.6 Å². The SMILES string of the molecule is Cc1ccc(C#CC(O)(CC2(c3cc(C(F)(F)F)ccc3F)CC2)C(=O)Nc2ccc3c(c2)COC3=O)cc1. The number of rotatable bonds is 5. The summed E-state index contributed by atoms with van der Waals surface area (Å²) in [6.07, 6.45) is -4.57. The second-order valence-corrected chi connectivity index (χ2v) is 10.0. The third kappa shape index (κ3) is 5.38. The monoisotopic (exact) mass is 537 g/mol. The van der Waals surface area contributed by atoms with Crippen molar-refractivity contribution in [3.8, 4) is 11.8 Å². The molecular weight excluding hydrogens is 514 g/mol. The van der Waals surface area contributed by atoms with Crippen molar-refractivity contribution in [3.05, 3.63) is 99.9 Å². The van der Waals surface area contributed by atoms with Gasteiger partial charge in [-0.3, -0.25) is 4.79 Å². The Bertz CT molecular complexity index is 1530. The third-order valence-corrected chi connectivity index (χ3v) is 7.10. The topological polar surface area (TPSA) is 75.6 Å². The van der Waals surface area contributed by atoms with Crippen LogP contribution in [0.15, 0.2) is 60.7 Å². The summed E-state index contributed by atoms with van der Waals surface area (Å²) in [5.74, 6) is 3.13. The molecule has 200 valence electrons. The van der Waals surface area contributed by atoms with Crippen LogP contribution < -0.4 is 5.32 Å². The highest BCUT2D eigenvalue weighted by Gasteiger charge is 2.54. The number of esters is 1. The second-order valence-electron chi connectivity index (χ2n) is 10.0. The minimum Gasteiger partial charge on any atom is -0.457 e. The van der Waals surface area contributed by atoms with E-state index < -0.39 is 46.9 Å². The molecule has 3 aromatic rings. The number of hydrogen-bond donors (Lipinski definition) is 2. The Labute approximate surface area is 221 Å². The van der Waals surface area contributed by atoms with Gasteiger partial charge < -0.3 is 15.2 Å². The van der Waals surface area contributed by atoms with E-state index in [0.29, 0.717) is 22.8 Å². The molecule has 39 heavy (non-hydrogen) atoms. The van der Waals surface area contributed by atoms with Crippen LogP contribution in [0.5, 0.6) is 0 Å². The van der Waals surface area contributed by atoms with Gasteiger partial charge in [-0.15, -0.1) is 0 Å². The molecule has 1 aliphatic carbocycles. The minimum atomic E-state index is -4.68. The summed E-state index contributed by atoms with van der Waals surface area (Å²) in [6, 6.07) is 13.7. The maximum Gasteiger partial charge on any atom is 0.416 e. The van der Waals surface area contributed by atoms with Crippen LogP contribution in [0.25, 0.3) is 0 Å². The number of benzene rings is 3. The van der Waals surface area contributed by atoms with Crippen molar-refractivity contribution in [2.75, 3.05) is 5.32 Å². The molecule has 1 aliphatic heterocycles. The van der Waals surface area contributed by atoms with E-state index in [0.717, 1.165) is 17.7 Å². The maximum atomic E-state index is 14.8. The highest BCUT2D eigenvalue weighted by Crippen LogP contribution is 2.55. The number of anilines is 1. The van der Waals surface area contributed by atoms with Gasteiger partial charge in [0.1, 0.15) is 12.4 Å². The Morgan fingerprint density at radius 2 is 1.79 bits per heavy atom. The molecule has 1 atom stereocenters. The Balaban J connectivity index is 1.50. The van der Waals surface area contributed by atoms with Gasteiger partial charge in [-0.2, -0.15) is 13.2 Å².